The summed E-state index contributed by atoms with van der Waals surface area (Å²) in [6.45, 7) is 1.86. The largest absolute Gasteiger partial charge is 0.468 e. The van der Waals surface area contributed by atoms with Crippen molar-refractivity contribution < 1.29 is 19.1 Å². The van der Waals surface area contributed by atoms with Crippen molar-refractivity contribution in [2.75, 3.05) is 25.9 Å². The average molecular weight is 500 g/mol. The number of benzene rings is 3. The van der Waals surface area contributed by atoms with Gasteiger partial charge in [-0.05, 0) is 55.1 Å². The van der Waals surface area contributed by atoms with E-state index in [9.17, 15) is 14.4 Å². The number of anilines is 1. The summed E-state index contributed by atoms with van der Waals surface area (Å²) in [6, 6.07) is 23.8. The number of esters is 1. The van der Waals surface area contributed by atoms with Crippen molar-refractivity contribution in [3.8, 4) is 11.1 Å². The lowest BCUT2D eigenvalue weighted by Crippen LogP contribution is -2.45. The SMILES string of the molecule is COC(=O)[C@]1(C)C(=O)N(CCCc2ccccc2)[C@H](C(=O)c2ccc(-c3cccc(N)c3)cc2)C1CN. The molecule has 1 unspecified atom stereocenters. The third-order valence-electron chi connectivity index (χ3n) is 7.39. The third-order valence-corrected chi connectivity index (χ3v) is 7.39. The fraction of sp³-hybridized carbons (Fsp3) is 0.300. The molecule has 4 rings (SSSR count). The number of nitrogen functional groups attached to an aromatic ring is 1. The number of rotatable bonds is 9. The highest BCUT2D eigenvalue weighted by atomic mass is 16.5. The molecule has 1 aliphatic heterocycles. The number of carbonyl (C=O) groups excluding carboxylic acids is 3. The summed E-state index contributed by atoms with van der Waals surface area (Å²) < 4.78 is 5.01. The van der Waals surface area contributed by atoms with Crippen molar-refractivity contribution in [2.45, 2.75) is 25.8 Å². The Kier molecular flexibility index (Phi) is 7.74. The van der Waals surface area contributed by atoms with E-state index in [2.05, 4.69) is 0 Å². The molecule has 192 valence electrons. The van der Waals surface area contributed by atoms with Crippen molar-refractivity contribution in [3.63, 3.8) is 0 Å². The normalized spacial score (nSPS) is 21.2. The van der Waals surface area contributed by atoms with Crippen LogP contribution < -0.4 is 11.5 Å². The van der Waals surface area contributed by atoms with Gasteiger partial charge in [-0.1, -0.05) is 66.7 Å². The van der Waals surface area contributed by atoms with Crippen LogP contribution in [0.15, 0.2) is 78.9 Å². The molecule has 0 bridgehead atoms. The maximum absolute atomic E-state index is 13.9. The molecule has 3 aromatic rings. The summed E-state index contributed by atoms with van der Waals surface area (Å²) in [7, 11) is 1.25. The van der Waals surface area contributed by atoms with Gasteiger partial charge in [-0.25, -0.2) is 0 Å². The number of ketones is 1. The van der Waals surface area contributed by atoms with Crippen molar-refractivity contribution in [2.24, 2.45) is 17.1 Å². The number of carbonyl (C=O) groups is 3. The fourth-order valence-electron chi connectivity index (χ4n) is 5.31. The van der Waals surface area contributed by atoms with E-state index in [1.54, 1.807) is 19.1 Å². The van der Waals surface area contributed by atoms with Crippen molar-refractivity contribution in [1.29, 1.82) is 0 Å². The summed E-state index contributed by atoms with van der Waals surface area (Å²) in [5.74, 6) is -2.05. The molecule has 0 aliphatic carbocycles. The highest BCUT2D eigenvalue weighted by molar-refractivity contribution is 6.11. The minimum absolute atomic E-state index is 0.00962. The molecule has 1 heterocycles. The zero-order valence-electron chi connectivity index (χ0n) is 21.2. The van der Waals surface area contributed by atoms with E-state index in [4.69, 9.17) is 16.2 Å². The van der Waals surface area contributed by atoms with E-state index in [1.807, 2.05) is 66.7 Å². The first-order valence-electron chi connectivity index (χ1n) is 12.4. The van der Waals surface area contributed by atoms with Crippen LogP contribution in [0.3, 0.4) is 0 Å². The van der Waals surface area contributed by atoms with Crippen LogP contribution in [0.5, 0.6) is 0 Å². The summed E-state index contributed by atoms with van der Waals surface area (Å²) in [6.07, 6.45) is 1.38. The van der Waals surface area contributed by atoms with Gasteiger partial charge < -0.3 is 21.1 Å². The average Bonchev–Trinajstić information content (AvgIpc) is 3.15. The van der Waals surface area contributed by atoms with Crippen LogP contribution in [0.1, 0.15) is 29.3 Å². The lowest BCUT2D eigenvalue weighted by Gasteiger charge is -2.28. The quantitative estimate of drug-likeness (QED) is 0.201. The van der Waals surface area contributed by atoms with Crippen molar-refractivity contribution in [3.05, 3.63) is 90.0 Å². The zero-order valence-corrected chi connectivity index (χ0v) is 21.2. The Morgan fingerprint density at radius 3 is 2.30 bits per heavy atom. The Hall–Kier alpha value is -3.97. The van der Waals surface area contributed by atoms with E-state index >= 15 is 0 Å². The van der Waals surface area contributed by atoms with Crippen LogP contribution in [-0.4, -0.2) is 48.8 Å². The predicted molar refractivity (Wildman–Crippen MR) is 144 cm³/mol. The van der Waals surface area contributed by atoms with Gasteiger partial charge in [-0.15, -0.1) is 0 Å². The van der Waals surface area contributed by atoms with Gasteiger partial charge in [-0.3, -0.25) is 14.4 Å². The van der Waals surface area contributed by atoms with Gasteiger partial charge in [0.2, 0.25) is 5.91 Å². The number of nitrogens with zero attached hydrogens (tertiary/aromatic N) is 1. The molecule has 7 heteroatoms. The van der Waals surface area contributed by atoms with Crippen LogP contribution in [-0.2, 0) is 20.7 Å². The first-order chi connectivity index (χ1) is 17.8. The lowest BCUT2D eigenvalue weighted by atomic mass is 9.75. The Morgan fingerprint density at radius 2 is 1.68 bits per heavy atom. The first kappa shape index (κ1) is 26.1. The van der Waals surface area contributed by atoms with Crippen LogP contribution in [0.4, 0.5) is 5.69 Å². The van der Waals surface area contributed by atoms with E-state index < -0.39 is 29.3 Å². The maximum atomic E-state index is 13.9. The second-order valence-corrected chi connectivity index (χ2v) is 9.64. The van der Waals surface area contributed by atoms with E-state index in [0.717, 1.165) is 23.1 Å². The molecule has 0 saturated carbocycles. The molecule has 37 heavy (non-hydrogen) atoms. The number of nitrogens with two attached hydrogens (primary N) is 2. The smallest absolute Gasteiger partial charge is 0.321 e. The van der Waals surface area contributed by atoms with Crippen LogP contribution in [0.2, 0.25) is 0 Å². The number of methoxy groups -OCH3 is 1. The molecule has 1 saturated heterocycles. The third kappa shape index (κ3) is 5.00. The summed E-state index contributed by atoms with van der Waals surface area (Å²) >= 11 is 0. The van der Waals surface area contributed by atoms with E-state index in [1.165, 1.54) is 12.0 Å². The molecular weight excluding hydrogens is 466 g/mol. The predicted octanol–water partition coefficient (Wildman–Crippen LogP) is 3.72. The topological polar surface area (TPSA) is 116 Å². The second kappa shape index (κ2) is 11.0. The molecule has 1 amide bonds. The summed E-state index contributed by atoms with van der Waals surface area (Å²) in [5, 5.41) is 0. The molecule has 0 spiro atoms. The van der Waals surface area contributed by atoms with Crippen molar-refractivity contribution >= 4 is 23.3 Å². The van der Waals surface area contributed by atoms with Gasteiger partial charge in [0.25, 0.3) is 0 Å². The van der Waals surface area contributed by atoms with Gasteiger partial charge in [0, 0.05) is 23.7 Å². The zero-order chi connectivity index (χ0) is 26.6. The standard InChI is InChI=1S/C30H33N3O4/c1-30(29(36)37-2)25(19-31)26(33(28(30)35)17-7-10-20-8-4-3-5-9-20)27(34)22-15-13-21(14-16-22)23-11-6-12-24(32)18-23/h3-6,8-9,11-16,18,25-26H,7,10,17,19,31-32H2,1-2H3/t25?,26-,30-/m0/s1. The second-order valence-electron chi connectivity index (χ2n) is 9.64. The number of hydrogen-bond donors (Lipinski definition) is 2. The first-order valence-corrected chi connectivity index (χ1v) is 12.4. The minimum Gasteiger partial charge on any atom is -0.468 e. The van der Waals surface area contributed by atoms with Gasteiger partial charge in [0.1, 0.15) is 11.5 Å². The summed E-state index contributed by atoms with van der Waals surface area (Å²) in [5.41, 5.74) is 14.6. The van der Waals surface area contributed by atoms with Crippen LogP contribution in [0, 0.1) is 11.3 Å². The Balaban J connectivity index is 1.63. The summed E-state index contributed by atoms with van der Waals surface area (Å²) in [4.78, 5) is 41.9. The van der Waals surface area contributed by atoms with E-state index in [-0.39, 0.29) is 12.3 Å². The molecule has 0 radical (unpaired) electrons. The Bertz CT molecular complexity index is 1280. The van der Waals surface area contributed by atoms with Gasteiger partial charge in [0.15, 0.2) is 5.78 Å². The highest BCUT2D eigenvalue weighted by Gasteiger charge is 2.62. The number of aryl methyl sites for hydroxylation is 1. The number of amides is 1. The molecule has 3 atom stereocenters. The van der Waals surface area contributed by atoms with E-state index in [0.29, 0.717) is 24.2 Å². The number of hydrogen-bond acceptors (Lipinski definition) is 6. The van der Waals surface area contributed by atoms with Gasteiger partial charge in [-0.2, -0.15) is 0 Å². The molecule has 3 aromatic carbocycles. The van der Waals surface area contributed by atoms with Crippen LogP contribution >= 0.6 is 0 Å². The van der Waals surface area contributed by atoms with Gasteiger partial charge >= 0.3 is 5.97 Å². The highest BCUT2D eigenvalue weighted by Crippen LogP contribution is 2.43. The maximum Gasteiger partial charge on any atom is 0.321 e. The number of likely N-dealkylation sites (tertiary alicyclic amines) is 1. The molecular formula is C30H33N3O4. The molecule has 0 aromatic heterocycles. The van der Waals surface area contributed by atoms with Gasteiger partial charge in [0.05, 0.1) is 7.11 Å². The molecule has 4 N–H and O–H groups in total. The minimum atomic E-state index is -1.53. The molecule has 1 aliphatic rings. The lowest BCUT2D eigenvalue weighted by molar-refractivity contribution is -0.159. The van der Waals surface area contributed by atoms with Crippen molar-refractivity contribution in [1.82, 2.24) is 4.90 Å². The fourth-order valence-corrected chi connectivity index (χ4v) is 5.31. The Labute approximate surface area is 217 Å². The number of Topliss-reactive ketones (excluding diaryl/α,β-unsaturated/α-hetero) is 1. The number of ether oxygens (including phenoxy) is 1. The molecule has 1 fully saturated rings. The van der Waals surface area contributed by atoms with Crippen LogP contribution in [0.25, 0.3) is 11.1 Å². The molecule has 7 nitrogen and oxygen atoms in total. The monoisotopic (exact) mass is 499 g/mol. The Morgan fingerprint density at radius 1 is 0.973 bits per heavy atom.